The molecule has 0 bridgehead atoms. The van der Waals surface area contributed by atoms with Gasteiger partial charge < -0.3 is 5.73 Å². The number of anilines is 1. The van der Waals surface area contributed by atoms with Crippen molar-refractivity contribution < 1.29 is 0 Å². The van der Waals surface area contributed by atoms with Crippen LogP contribution in [0.5, 0.6) is 0 Å². The molecule has 2 heterocycles. The van der Waals surface area contributed by atoms with E-state index in [1.165, 1.54) is 4.80 Å². The van der Waals surface area contributed by atoms with Crippen molar-refractivity contribution in [3.63, 3.8) is 0 Å². The summed E-state index contributed by atoms with van der Waals surface area (Å²) < 4.78 is 0. The highest BCUT2D eigenvalue weighted by Gasteiger charge is 2.03. The topological polar surface area (TPSA) is 69.6 Å². The predicted molar refractivity (Wildman–Crippen MR) is 48.3 cm³/mol. The Balaban J connectivity index is 2.53. The standard InChI is InChI=1S/C8H9N5/c1-6-4-7(9)8(10-5-6)13-11-2-3-12-13/h2-5H,9H2,1H3. The van der Waals surface area contributed by atoms with Crippen molar-refractivity contribution in [1.29, 1.82) is 0 Å². The molecule has 0 unspecified atom stereocenters. The summed E-state index contributed by atoms with van der Waals surface area (Å²) in [6, 6.07) is 1.84. The lowest BCUT2D eigenvalue weighted by atomic mass is 10.3. The van der Waals surface area contributed by atoms with E-state index < -0.39 is 0 Å². The normalized spacial score (nSPS) is 10.2. The second kappa shape index (κ2) is 2.85. The maximum absolute atomic E-state index is 5.75. The van der Waals surface area contributed by atoms with Crippen LogP contribution in [0, 0.1) is 6.92 Å². The minimum Gasteiger partial charge on any atom is -0.396 e. The fourth-order valence-corrected chi connectivity index (χ4v) is 1.08. The van der Waals surface area contributed by atoms with Gasteiger partial charge in [0.25, 0.3) is 0 Å². The zero-order chi connectivity index (χ0) is 9.26. The SMILES string of the molecule is Cc1cnc(-n2nccn2)c(N)c1. The van der Waals surface area contributed by atoms with Crippen molar-refractivity contribution >= 4 is 5.69 Å². The van der Waals surface area contributed by atoms with Crippen molar-refractivity contribution in [2.45, 2.75) is 6.92 Å². The van der Waals surface area contributed by atoms with Gasteiger partial charge in [-0.3, -0.25) is 0 Å². The van der Waals surface area contributed by atoms with Crippen LogP contribution in [0.4, 0.5) is 5.69 Å². The molecule has 0 saturated carbocycles. The smallest absolute Gasteiger partial charge is 0.197 e. The van der Waals surface area contributed by atoms with Crippen LogP contribution in [0.3, 0.4) is 0 Å². The molecule has 0 aliphatic rings. The fourth-order valence-electron chi connectivity index (χ4n) is 1.08. The van der Waals surface area contributed by atoms with Crippen molar-refractivity contribution in [1.82, 2.24) is 20.0 Å². The lowest BCUT2D eigenvalue weighted by molar-refractivity contribution is 0.731. The molecule has 0 radical (unpaired) electrons. The van der Waals surface area contributed by atoms with Crippen LogP contribution >= 0.6 is 0 Å². The molecule has 0 saturated heterocycles. The first kappa shape index (κ1) is 7.72. The average Bonchev–Trinajstić information content (AvgIpc) is 2.56. The number of hydrogen-bond acceptors (Lipinski definition) is 4. The molecule has 13 heavy (non-hydrogen) atoms. The van der Waals surface area contributed by atoms with E-state index in [0.29, 0.717) is 11.5 Å². The number of nitrogens with two attached hydrogens (primary N) is 1. The Hall–Kier alpha value is -1.91. The third kappa shape index (κ3) is 1.35. The summed E-state index contributed by atoms with van der Waals surface area (Å²) in [7, 11) is 0. The minimum atomic E-state index is 0.565. The number of rotatable bonds is 1. The van der Waals surface area contributed by atoms with Gasteiger partial charge in [-0.15, -0.1) is 4.80 Å². The Morgan fingerprint density at radius 1 is 1.31 bits per heavy atom. The monoisotopic (exact) mass is 175 g/mol. The third-order valence-corrected chi connectivity index (χ3v) is 1.64. The Labute approximate surface area is 75.2 Å². The zero-order valence-electron chi connectivity index (χ0n) is 7.18. The van der Waals surface area contributed by atoms with Crippen molar-refractivity contribution in [3.8, 4) is 5.82 Å². The molecule has 0 amide bonds. The number of aryl methyl sites for hydroxylation is 1. The molecule has 2 rings (SSSR count). The van der Waals surface area contributed by atoms with Gasteiger partial charge in [-0.25, -0.2) is 4.98 Å². The Kier molecular flexibility index (Phi) is 1.70. The molecule has 0 fully saturated rings. The van der Waals surface area contributed by atoms with Crippen molar-refractivity contribution in [3.05, 3.63) is 30.2 Å². The van der Waals surface area contributed by atoms with Gasteiger partial charge in [0.2, 0.25) is 0 Å². The first-order valence-corrected chi connectivity index (χ1v) is 3.86. The quantitative estimate of drug-likeness (QED) is 0.687. The summed E-state index contributed by atoms with van der Waals surface area (Å²) in [5.41, 5.74) is 7.35. The second-order valence-electron chi connectivity index (χ2n) is 2.74. The van der Waals surface area contributed by atoms with Gasteiger partial charge in [-0.2, -0.15) is 10.2 Å². The number of hydrogen-bond donors (Lipinski definition) is 1. The van der Waals surface area contributed by atoms with Crippen LogP contribution in [-0.2, 0) is 0 Å². The second-order valence-corrected chi connectivity index (χ2v) is 2.74. The van der Waals surface area contributed by atoms with Gasteiger partial charge in [0.15, 0.2) is 5.82 Å². The molecule has 2 N–H and O–H groups in total. The van der Waals surface area contributed by atoms with E-state index in [1.54, 1.807) is 18.6 Å². The number of aromatic nitrogens is 4. The Morgan fingerprint density at radius 3 is 2.62 bits per heavy atom. The van der Waals surface area contributed by atoms with Gasteiger partial charge in [0, 0.05) is 6.20 Å². The molecule has 5 heteroatoms. The molecule has 0 aromatic carbocycles. The summed E-state index contributed by atoms with van der Waals surface area (Å²) in [6.07, 6.45) is 4.90. The predicted octanol–water partition coefficient (Wildman–Crippen LogP) is 0.553. The van der Waals surface area contributed by atoms with Gasteiger partial charge in [0.05, 0.1) is 18.1 Å². The van der Waals surface area contributed by atoms with E-state index in [2.05, 4.69) is 15.2 Å². The van der Waals surface area contributed by atoms with Crippen LogP contribution in [0.2, 0.25) is 0 Å². The highest BCUT2D eigenvalue weighted by atomic mass is 15.5. The molecule has 5 nitrogen and oxygen atoms in total. The summed E-state index contributed by atoms with van der Waals surface area (Å²) in [5.74, 6) is 0.565. The van der Waals surface area contributed by atoms with E-state index in [1.807, 2.05) is 13.0 Å². The Bertz CT molecular complexity index is 406. The molecule has 0 atom stereocenters. The zero-order valence-corrected chi connectivity index (χ0v) is 7.18. The van der Waals surface area contributed by atoms with E-state index in [4.69, 9.17) is 5.73 Å². The lowest BCUT2D eigenvalue weighted by Gasteiger charge is -2.02. The largest absolute Gasteiger partial charge is 0.396 e. The summed E-state index contributed by atoms with van der Waals surface area (Å²) in [4.78, 5) is 5.53. The van der Waals surface area contributed by atoms with Crippen LogP contribution in [0.25, 0.3) is 5.82 Å². The van der Waals surface area contributed by atoms with Crippen LogP contribution in [-0.4, -0.2) is 20.0 Å². The fraction of sp³-hybridized carbons (Fsp3) is 0.125. The summed E-state index contributed by atoms with van der Waals surface area (Å²) in [6.45, 7) is 1.93. The van der Waals surface area contributed by atoms with Crippen molar-refractivity contribution in [2.24, 2.45) is 0 Å². The van der Waals surface area contributed by atoms with Gasteiger partial charge in [-0.05, 0) is 18.6 Å². The number of nitrogen functional groups attached to an aromatic ring is 1. The maximum atomic E-state index is 5.75. The van der Waals surface area contributed by atoms with E-state index in [0.717, 1.165) is 5.56 Å². The third-order valence-electron chi connectivity index (χ3n) is 1.64. The van der Waals surface area contributed by atoms with Gasteiger partial charge in [-0.1, -0.05) is 0 Å². The number of nitrogens with zero attached hydrogens (tertiary/aromatic N) is 4. The lowest BCUT2D eigenvalue weighted by Crippen LogP contribution is -2.05. The molecule has 0 aliphatic heterocycles. The number of pyridine rings is 1. The van der Waals surface area contributed by atoms with E-state index >= 15 is 0 Å². The van der Waals surface area contributed by atoms with Crippen molar-refractivity contribution in [2.75, 3.05) is 5.73 Å². The molecule has 2 aromatic rings. The molecule has 66 valence electrons. The van der Waals surface area contributed by atoms with Crippen LogP contribution < -0.4 is 5.73 Å². The molecular formula is C8H9N5. The van der Waals surface area contributed by atoms with Crippen LogP contribution in [0.1, 0.15) is 5.56 Å². The van der Waals surface area contributed by atoms with Gasteiger partial charge >= 0.3 is 0 Å². The molecule has 0 spiro atoms. The van der Waals surface area contributed by atoms with Crippen LogP contribution in [0.15, 0.2) is 24.7 Å². The average molecular weight is 175 g/mol. The van der Waals surface area contributed by atoms with E-state index in [-0.39, 0.29) is 0 Å². The first-order valence-electron chi connectivity index (χ1n) is 3.86. The maximum Gasteiger partial charge on any atom is 0.197 e. The van der Waals surface area contributed by atoms with Gasteiger partial charge in [0.1, 0.15) is 0 Å². The molecular weight excluding hydrogens is 166 g/mol. The minimum absolute atomic E-state index is 0.565. The Morgan fingerprint density at radius 2 is 2.00 bits per heavy atom. The summed E-state index contributed by atoms with van der Waals surface area (Å²) in [5, 5.41) is 7.88. The highest BCUT2D eigenvalue weighted by Crippen LogP contribution is 2.12. The highest BCUT2D eigenvalue weighted by molar-refractivity contribution is 5.52. The summed E-state index contributed by atoms with van der Waals surface area (Å²) >= 11 is 0. The first-order chi connectivity index (χ1) is 6.27. The molecule has 0 aliphatic carbocycles. The molecule has 2 aromatic heterocycles. The van der Waals surface area contributed by atoms with E-state index in [9.17, 15) is 0 Å².